The number of hydrogen-bond donors (Lipinski definition) is 2. The fraction of sp³-hybridized carbons (Fsp3) is 0.417. The standard InChI is InChI=1S/C24H29ClFN5/c1-31(2)23-18-6-3-4-9-22(18)29-24(30-23)28-17-12-10-16(11-13-17)14-27-15-19-20(25)7-5-8-21(19)26/h3-9,16-17,27H,10-15H2,1-2H3,(H,28,29,30). The van der Waals surface area contributed by atoms with Crippen molar-refractivity contribution in [3.05, 3.63) is 58.9 Å². The van der Waals surface area contributed by atoms with Crippen LogP contribution in [0.1, 0.15) is 31.2 Å². The van der Waals surface area contributed by atoms with E-state index in [4.69, 9.17) is 21.6 Å². The third-order valence-electron chi connectivity index (χ3n) is 5.98. The molecule has 7 heteroatoms. The molecule has 1 aliphatic rings. The zero-order valence-corrected chi connectivity index (χ0v) is 18.8. The highest BCUT2D eigenvalue weighted by Crippen LogP contribution is 2.28. The van der Waals surface area contributed by atoms with Crippen molar-refractivity contribution in [3.63, 3.8) is 0 Å². The number of halogens is 2. The summed E-state index contributed by atoms with van der Waals surface area (Å²) < 4.78 is 13.9. The van der Waals surface area contributed by atoms with Gasteiger partial charge in [-0.05, 0) is 62.4 Å². The number of para-hydroxylation sites is 1. The van der Waals surface area contributed by atoms with Gasteiger partial charge >= 0.3 is 0 Å². The van der Waals surface area contributed by atoms with Crippen LogP contribution in [-0.2, 0) is 6.54 Å². The number of benzene rings is 2. The fourth-order valence-electron chi connectivity index (χ4n) is 4.26. The van der Waals surface area contributed by atoms with Gasteiger partial charge in [-0.25, -0.2) is 9.37 Å². The summed E-state index contributed by atoms with van der Waals surface area (Å²) >= 11 is 6.11. The second-order valence-electron chi connectivity index (χ2n) is 8.48. The lowest BCUT2D eigenvalue weighted by Gasteiger charge is -2.29. The molecule has 0 radical (unpaired) electrons. The maximum atomic E-state index is 13.9. The molecule has 0 atom stereocenters. The molecule has 0 saturated heterocycles. The van der Waals surface area contributed by atoms with Gasteiger partial charge in [-0.15, -0.1) is 0 Å². The Kier molecular flexibility index (Phi) is 6.88. The maximum absolute atomic E-state index is 13.9. The number of aromatic nitrogens is 2. The normalized spacial score (nSPS) is 18.8. The second-order valence-corrected chi connectivity index (χ2v) is 8.88. The van der Waals surface area contributed by atoms with Crippen LogP contribution >= 0.6 is 11.6 Å². The highest BCUT2D eigenvalue weighted by Gasteiger charge is 2.22. The molecule has 1 saturated carbocycles. The first-order chi connectivity index (χ1) is 15.0. The molecule has 4 rings (SSSR count). The van der Waals surface area contributed by atoms with Crippen molar-refractivity contribution in [2.75, 3.05) is 30.9 Å². The smallest absolute Gasteiger partial charge is 0.225 e. The molecule has 1 aromatic heterocycles. The fourth-order valence-corrected chi connectivity index (χ4v) is 4.49. The number of nitrogens with zero attached hydrogens (tertiary/aromatic N) is 3. The second kappa shape index (κ2) is 9.79. The molecule has 0 bridgehead atoms. The van der Waals surface area contributed by atoms with Gasteiger partial charge in [0.15, 0.2) is 0 Å². The predicted octanol–water partition coefficient (Wildman–Crippen LogP) is 5.25. The third kappa shape index (κ3) is 5.25. The van der Waals surface area contributed by atoms with Gasteiger partial charge in [0, 0.05) is 42.7 Å². The molecule has 31 heavy (non-hydrogen) atoms. The first kappa shape index (κ1) is 21.8. The van der Waals surface area contributed by atoms with E-state index in [1.807, 2.05) is 37.2 Å². The van der Waals surface area contributed by atoms with Gasteiger partial charge in [-0.2, -0.15) is 4.98 Å². The molecule has 0 unspecified atom stereocenters. The van der Waals surface area contributed by atoms with Gasteiger partial charge in [0.25, 0.3) is 0 Å². The maximum Gasteiger partial charge on any atom is 0.225 e. The number of rotatable bonds is 7. The van der Waals surface area contributed by atoms with Gasteiger partial charge in [0.05, 0.1) is 5.52 Å². The molecule has 1 aliphatic carbocycles. The van der Waals surface area contributed by atoms with E-state index in [1.54, 1.807) is 12.1 Å². The van der Waals surface area contributed by atoms with Crippen molar-refractivity contribution in [2.45, 2.75) is 38.3 Å². The molecule has 0 aliphatic heterocycles. The van der Waals surface area contributed by atoms with Crippen LogP contribution in [0, 0.1) is 11.7 Å². The summed E-state index contributed by atoms with van der Waals surface area (Å²) in [6.07, 6.45) is 4.37. The van der Waals surface area contributed by atoms with E-state index < -0.39 is 0 Å². The summed E-state index contributed by atoms with van der Waals surface area (Å²) in [5.74, 6) is 1.95. The highest BCUT2D eigenvalue weighted by atomic mass is 35.5. The Hall–Kier alpha value is -2.44. The Labute approximate surface area is 188 Å². The molecule has 2 aromatic carbocycles. The quantitative estimate of drug-likeness (QED) is 0.524. The minimum absolute atomic E-state index is 0.250. The summed E-state index contributed by atoms with van der Waals surface area (Å²) in [6, 6.07) is 13.3. The van der Waals surface area contributed by atoms with Crippen LogP contribution in [0.3, 0.4) is 0 Å². The summed E-state index contributed by atoms with van der Waals surface area (Å²) in [4.78, 5) is 11.5. The van der Waals surface area contributed by atoms with Crippen molar-refractivity contribution in [1.29, 1.82) is 0 Å². The lowest BCUT2D eigenvalue weighted by atomic mass is 9.86. The Morgan fingerprint density at radius 3 is 2.55 bits per heavy atom. The van der Waals surface area contributed by atoms with Crippen LogP contribution in [0.15, 0.2) is 42.5 Å². The van der Waals surface area contributed by atoms with E-state index in [9.17, 15) is 4.39 Å². The van der Waals surface area contributed by atoms with Crippen molar-refractivity contribution in [3.8, 4) is 0 Å². The Balaban J connectivity index is 1.30. The first-order valence-corrected chi connectivity index (χ1v) is 11.2. The van der Waals surface area contributed by atoms with Crippen molar-refractivity contribution in [2.24, 2.45) is 5.92 Å². The number of fused-ring (bicyclic) bond motifs is 1. The number of anilines is 2. The molecule has 2 N–H and O–H groups in total. The zero-order valence-electron chi connectivity index (χ0n) is 18.0. The molecular formula is C24H29ClFN5. The van der Waals surface area contributed by atoms with Gasteiger partial charge in [-0.3, -0.25) is 0 Å². The van der Waals surface area contributed by atoms with Gasteiger partial charge < -0.3 is 15.5 Å². The summed E-state index contributed by atoms with van der Waals surface area (Å²) in [6.45, 7) is 1.33. The SMILES string of the molecule is CN(C)c1nc(NC2CCC(CNCc3c(F)cccc3Cl)CC2)nc2ccccc12. The average molecular weight is 442 g/mol. The topological polar surface area (TPSA) is 53.1 Å². The van der Waals surface area contributed by atoms with Crippen LogP contribution in [-0.4, -0.2) is 36.6 Å². The molecule has 1 fully saturated rings. The molecule has 3 aromatic rings. The Bertz CT molecular complexity index is 1010. The van der Waals surface area contributed by atoms with E-state index >= 15 is 0 Å². The third-order valence-corrected chi connectivity index (χ3v) is 6.34. The predicted molar refractivity (Wildman–Crippen MR) is 126 cm³/mol. The lowest BCUT2D eigenvalue weighted by Crippen LogP contribution is -2.31. The van der Waals surface area contributed by atoms with E-state index in [0.717, 1.165) is 48.9 Å². The minimum atomic E-state index is -0.250. The first-order valence-electron chi connectivity index (χ1n) is 10.9. The molecule has 5 nitrogen and oxygen atoms in total. The van der Waals surface area contributed by atoms with E-state index in [-0.39, 0.29) is 5.82 Å². The van der Waals surface area contributed by atoms with Crippen molar-refractivity contribution >= 4 is 34.3 Å². The van der Waals surface area contributed by atoms with Gasteiger partial charge in [-0.1, -0.05) is 29.8 Å². The van der Waals surface area contributed by atoms with Crippen LogP contribution in [0.25, 0.3) is 10.9 Å². The lowest BCUT2D eigenvalue weighted by molar-refractivity contribution is 0.323. The largest absolute Gasteiger partial charge is 0.362 e. The molecule has 0 amide bonds. The monoisotopic (exact) mass is 441 g/mol. The molecule has 0 spiro atoms. The van der Waals surface area contributed by atoms with Crippen LogP contribution in [0.5, 0.6) is 0 Å². The Morgan fingerprint density at radius 2 is 1.81 bits per heavy atom. The van der Waals surface area contributed by atoms with Crippen LogP contribution in [0.2, 0.25) is 5.02 Å². The van der Waals surface area contributed by atoms with Gasteiger partial charge in [0.1, 0.15) is 11.6 Å². The number of hydrogen-bond acceptors (Lipinski definition) is 5. The Morgan fingerprint density at radius 1 is 1.03 bits per heavy atom. The molecule has 1 heterocycles. The van der Waals surface area contributed by atoms with Crippen molar-refractivity contribution < 1.29 is 4.39 Å². The van der Waals surface area contributed by atoms with E-state index in [0.29, 0.717) is 35.0 Å². The molecular weight excluding hydrogens is 413 g/mol. The number of nitrogens with one attached hydrogen (secondary N) is 2. The van der Waals surface area contributed by atoms with Crippen LogP contribution in [0.4, 0.5) is 16.2 Å². The minimum Gasteiger partial charge on any atom is -0.362 e. The van der Waals surface area contributed by atoms with Gasteiger partial charge in [0.2, 0.25) is 5.95 Å². The average Bonchev–Trinajstić information content (AvgIpc) is 2.76. The van der Waals surface area contributed by atoms with Crippen LogP contribution < -0.4 is 15.5 Å². The zero-order chi connectivity index (χ0) is 21.8. The highest BCUT2D eigenvalue weighted by molar-refractivity contribution is 6.31. The summed E-state index contributed by atoms with van der Waals surface area (Å²) in [5.41, 5.74) is 1.50. The molecule has 164 valence electrons. The summed E-state index contributed by atoms with van der Waals surface area (Å²) in [5, 5.41) is 8.47. The van der Waals surface area contributed by atoms with E-state index in [2.05, 4.69) is 16.7 Å². The van der Waals surface area contributed by atoms with Crippen molar-refractivity contribution in [1.82, 2.24) is 15.3 Å². The summed E-state index contributed by atoms with van der Waals surface area (Å²) in [7, 11) is 4.01. The van der Waals surface area contributed by atoms with E-state index in [1.165, 1.54) is 6.07 Å².